The van der Waals surface area contributed by atoms with Crippen molar-refractivity contribution >= 4 is 11.5 Å². The number of nitrogen functional groups attached to an aromatic ring is 1. The molecule has 2 aromatic rings. The number of rotatable bonds is 3. The molecule has 5 heteroatoms. The molecular weight excluding hydrogens is 204 g/mol. The van der Waals surface area contributed by atoms with Crippen molar-refractivity contribution in [2.75, 3.05) is 11.1 Å². The molecule has 0 aliphatic heterocycles. The highest BCUT2D eigenvalue weighted by Crippen LogP contribution is 2.16. The molecule has 2 rings (SSSR count). The zero-order valence-electron chi connectivity index (χ0n) is 9.32. The lowest BCUT2D eigenvalue weighted by Gasteiger charge is -2.05. The second-order valence-electron chi connectivity index (χ2n) is 3.54. The normalized spacial score (nSPS) is 10.4. The molecule has 0 bridgehead atoms. The van der Waals surface area contributed by atoms with Crippen LogP contribution < -0.4 is 11.1 Å². The van der Waals surface area contributed by atoms with Crippen LogP contribution >= 0.6 is 0 Å². The summed E-state index contributed by atoms with van der Waals surface area (Å²) in [5.74, 6) is 2.14. The summed E-state index contributed by atoms with van der Waals surface area (Å²) < 4.78 is 5.43. The Kier molecular flexibility index (Phi) is 2.76. The van der Waals surface area contributed by atoms with Gasteiger partial charge in [-0.05, 0) is 19.1 Å². The second kappa shape index (κ2) is 4.22. The van der Waals surface area contributed by atoms with Crippen molar-refractivity contribution in [1.82, 2.24) is 9.97 Å². The summed E-state index contributed by atoms with van der Waals surface area (Å²) in [5.41, 5.74) is 7.27. The van der Waals surface area contributed by atoms with Crippen LogP contribution in [0.15, 0.2) is 22.7 Å². The Morgan fingerprint density at radius 3 is 2.88 bits per heavy atom. The molecule has 16 heavy (non-hydrogen) atoms. The van der Waals surface area contributed by atoms with E-state index in [0.29, 0.717) is 23.9 Å². The fraction of sp³-hybridized carbons (Fsp3) is 0.273. The van der Waals surface area contributed by atoms with E-state index < -0.39 is 0 Å². The van der Waals surface area contributed by atoms with Crippen molar-refractivity contribution in [2.24, 2.45) is 0 Å². The fourth-order valence-corrected chi connectivity index (χ4v) is 1.47. The number of oxazole rings is 1. The van der Waals surface area contributed by atoms with E-state index in [-0.39, 0.29) is 0 Å². The number of pyridine rings is 1. The van der Waals surface area contributed by atoms with E-state index >= 15 is 0 Å². The van der Waals surface area contributed by atoms with E-state index in [1.165, 1.54) is 0 Å². The van der Waals surface area contributed by atoms with E-state index in [9.17, 15) is 0 Å². The van der Waals surface area contributed by atoms with Crippen LogP contribution in [0.3, 0.4) is 0 Å². The lowest BCUT2D eigenvalue weighted by molar-refractivity contribution is 0.480. The van der Waals surface area contributed by atoms with Gasteiger partial charge in [-0.2, -0.15) is 0 Å². The van der Waals surface area contributed by atoms with Gasteiger partial charge in [0.25, 0.3) is 0 Å². The molecule has 0 aromatic carbocycles. The average Bonchev–Trinajstić information content (AvgIpc) is 2.56. The monoisotopic (exact) mass is 218 g/mol. The predicted octanol–water partition coefficient (Wildman–Crippen LogP) is 1.88. The quantitative estimate of drug-likeness (QED) is 0.822. The Hall–Kier alpha value is -2.04. The fourth-order valence-electron chi connectivity index (χ4n) is 1.47. The van der Waals surface area contributed by atoms with Crippen molar-refractivity contribution in [1.29, 1.82) is 0 Å². The zero-order valence-corrected chi connectivity index (χ0v) is 9.32. The van der Waals surface area contributed by atoms with Gasteiger partial charge >= 0.3 is 0 Å². The molecule has 0 atom stereocenters. The summed E-state index contributed by atoms with van der Waals surface area (Å²) in [5, 5.41) is 3.11. The number of anilines is 2. The summed E-state index contributed by atoms with van der Waals surface area (Å²) in [4.78, 5) is 8.32. The summed E-state index contributed by atoms with van der Waals surface area (Å²) >= 11 is 0. The standard InChI is InChI=1S/C11H14N4O/c1-7-10(16-8(2)15-7)6-14-11-9(12)4-3-5-13-11/h3-5H,6,12H2,1-2H3,(H,13,14). The van der Waals surface area contributed by atoms with Crippen LogP contribution in [0.4, 0.5) is 11.5 Å². The molecule has 84 valence electrons. The molecule has 0 radical (unpaired) electrons. The third-order valence-corrected chi connectivity index (χ3v) is 2.25. The van der Waals surface area contributed by atoms with Crippen LogP contribution in [0, 0.1) is 13.8 Å². The van der Waals surface area contributed by atoms with Gasteiger partial charge in [0, 0.05) is 13.1 Å². The largest absolute Gasteiger partial charge is 0.444 e. The minimum atomic E-state index is 0.536. The van der Waals surface area contributed by atoms with Crippen molar-refractivity contribution in [3.8, 4) is 0 Å². The summed E-state index contributed by atoms with van der Waals surface area (Å²) in [6.07, 6.45) is 1.69. The number of nitrogens with zero attached hydrogens (tertiary/aromatic N) is 2. The van der Waals surface area contributed by atoms with Gasteiger partial charge in [-0.3, -0.25) is 0 Å². The minimum absolute atomic E-state index is 0.536. The molecule has 0 saturated carbocycles. The first-order valence-electron chi connectivity index (χ1n) is 5.04. The molecule has 2 aromatic heterocycles. The third kappa shape index (κ3) is 2.13. The summed E-state index contributed by atoms with van der Waals surface area (Å²) in [6.45, 7) is 4.27. The maximum atomic E-state index is 5.76. The van der Waals surface area contributed by atoms with Crippen LogP contribution in [0.2, 0.25) is 0 Å². The molecule has 0 spiro atoms. The van der Waals surface area contributed by atoms with Gasteiger partial charge < -0.3 is 15.5 Å². The van der Waals surface area contributed by atoms with Gasteiger partial charge in [-0.25, -0.2) is 9.97 Å². The molecule has 0 unspecified atom stereocenters. The molecular formula is C11H14N4O. The van der Waals surface area contributed by atoms with Crippen molar-refractivity contribution in [3.63, 3.8) is 0 Å². The van der Waals surface area contributed by atoms with E-state index in [2.05, 4.69) is 15.3 Å². The molecule has 0 aliphatic carbocycles. The number of nitrogens with two attached hydrogens (primary N) is 1. The first-order valence-corrected chi connectivity index (χ1v) is 5.04. The van der Waals surface area contributed by atoms with E-state index in [1.54, 1.807) is 18.3 Å². The highest BCUT2D eigenvalue weighted by Gasteiger charge is 2.07. The average molecular weight is 218 g/mol. The van der Waals surface area contributed by atoms with Gasteiger partial charge in [0.15, 0.2) is 5.89 Å². The highest BCUT2D eigenvalue weighted by molar-refractivity contribution is 5.60. The molecule has 0 amide bonds. The first kappa shape index (κ1) is 10.5. The van der Waals surface area contributed by atoms with Crippen LogP contribution in [0.25, 0.3) is 0 Å². The van der Waals surface area contributed by atoms with Crippen LogP contribution in [-0.2, 0) is 6.54 Å². The number of hydrogen-bond acceptors (Lipinski definition) is 5. The Morgan fingerprint density at radius 2 is 2.25 bits per heavy atom. The second-order valence-corrected chi connectivity index (χ2v) is 3.54. The Balaban J connectivity index is 2.08. The van der Waals surface area contributed by atoms with E-state index in [4.69, 9.17) is 10.2 Å². The predicted molar refractivity (Wildman–Crippen MR) is 62.0 cm³/mol. The molecule has 5 nitrogen and oxygen atoms in total. The number of hydrogen-bond donors (Lipinski definition) is 2. The Bertz CT molecular complexity index is 492. The summed E-state index contributed by atoms with van der Waals surface area (Å²) in [6, 6.07) is 3.60. The van der Waals surface area contributed by atoms with E-state index in [0.717, 1.165) is 11.5 Å². The van der Waals surface area contributed by atoms with Crippen LogP contribution in [0.5, 0.6) is 0 Å². The van der Waals surface area contributed by atoms with Gasteiger partial charge in [-0.15, -0.1) is 0 Å². The smallest absolute Gasteiger partial charge is 0.191 e. The maximum Gasteiger partial charge on any atom is 0.191 e. The Morgan fingerprint density at radius 1 is 1.44 bits per heavy atom. The molecule has 0 fully saturated rings. The summed E-state index contributed by atoms with van der Waals surface area (Å²) in [7, 11) is 0. The number of aryl methyl sites for hydroxylation is 2. The molecule has 2 heterocycles. The maximum absolute atomic E-state index is 5.76. The SMILES string of the molecule is Cc1nc(C)c(CNc2ncccc2N)o1. The zero-order chi connectivity index (χ0) is 11.5. The van der Waals surface area contributed by atoms with E-state index in [1.807, 2.05) is 13.8 Å². The first-order chi connectivity index (χ1) is 7.66. The van der Waals surface area contributed by atoms with Crippen LogP contribution in [-0.4, -0.2) is 9.97 Å². The highest BCUT2D eigenvalue weighted by atomic mass is 16.4. The minimum Gasteiger partial charge on any atom is -0.444 e. The van der Waals surface area contributed by atoms with Gasteiger partial charge in [-0.1, -0.05) is 0 Å². The lowest BCUT2D eigenvalue weighted by Crippen LogP contribution is -2.04. The lowest BCUT2D eigenvalue weighted by atomic mass is 10.3. The van der Waals surface area contributed by atoms with Crippen molar-refractivity contribution in [2.45, 2.75) is 20.4 Å². The van der Waals surface area contributed by atoms with Gasteiger partial charge in [0.2, 0.25) is 0 Å². The van der Waals surface area contributed by atoms with Crippen molar-refractivity contribution < 1.29 is 4.42 Å². The number of nitrogens with one attached hydrogen (secondary N) is 1. The Labute approximate surface area is 93.7 Å². The van der Waals surface area contributed by atoms with Gasteiger partial charge in [0.1, 0.15) is 11.6 Å². The third-order valence-electron chi connectivity index (χ3n) is 2.25. The van der Waals surface area contributed by atoms with Crippen molar-refractivity contribution in [3.05, 3.63) is 35.7 Å². The van der Waals surface area contributed by atoms with Gasteiger partial charge in [0.05, 0.1) is 17.9 Å². The van der Waals surface area contributed by atoms with Crippen LogP contribution in [0.1, 0.15) is 17.3 Å². The topological polar surface area (TPSA) is 77.0 Å². The molecule has 0 saturated heterocycles. The molecule has 0 aliphatic rings. The number of aromatic nitrogens is 2. The molecule has 3 N–H and O–H groups in total.